The minimum Gasteiger partial charge on any atom is -0.225 e. The van der Waals surface area contributed by atoms with E-state index < -0.39 is 0 Å². The number of aromatic nitrogens is 2. The van der Waals surface area contributed by atoms with Crippen molar-refractivity contribution >= 4 is 28.8 Å². The Morgan fingerprint density at radius 2 is 2.00 bits per heavy atom. The lowest BCUT2D eigenvalue weighted by Gasteiger charge is -1.99. The third-order valence-electron chi connectivity index (χ3n) is 3.17. The monoisotopic (exact) mass is 269 g/mol. The molecule has 19 heavy (non-hydrogen) atoms. The van der Waals surface area contributed by atoms with E-state index in [2.05, 4.69) is 35.7 Å². The normalized spacial score (nSPS) is 10.8. The molecule has 2 nitrogen and oxygen atoms in total. The van der Waals surface area contributed by atoms with Crippen molar-refractivity contribution in [1.82, 2.24) is 4.57 Å². The maximum Gasteiger partial charge on any atom is 0.249 e. The van der Waals surface area contributed by atoms with Crippen LogP contribution < -0.4 is 4.57 Å². The van der Waals surface area contributed by atoms with E-state index in [4.69, 9.17) is 11.6 Å². The molecule has 0 radical (unpaired) electrons. The fourth-order valence-corrected chi connectivity index (χ4v) is 2.52. The second-order valence-electron chi connectivity index (χ2n) is 4.45. The summed E-state index contributed by atoms with van der Waals surface area (Å²) in [5.41, 5.74) is 3.52. The van der Waals surface area contributed by atoms with Crippen LogP contribution in [0.2, 0.25) is 5.02 Å². The van der Waals surface area contributed by atoms with Crippen LogP contribution in [0, 0.1) is 0 Å². The highest BCUT2D eigenvalue weighted by atomic mass is 35.5. The fourth-order valence-electron chi connectivity index (χ4n) is 2.30. The molecule has 0 spiro atoms. The van der Waals surface area contributed by atoms with Gasteiger partial charge in [0, 0.05) is 5.02 Å². The third kappa shape index (κ3) is 2.27. The Hall–Kier alpha value is -2.06. The summed E-state index contributed by atoms with van der Waals surface area (Å²) in [6, 6.07) is 16.2. The third-order valence-corrected chi connectivity index (χ3v) is 3.41. The average molecular weight is 270 g/mol. The molecule has 3 rings (SSSR count). The molecule has 0 saturated carbocycles. The van der Waals surface area contributed by atoms with Gasteiger partial charge in [0.25, 0.3) is 0 Å². The van der Waals surface area contributed by atoms with Crippen molar-refractivity contribution in [2.45, 2.75) is 6.54 Å². The van der Waals surface area contributed by atoms with Crippen LogP contribution in [-0.4, -0.2) is 4.57 Å². The molecule has 0 atom stereocenters. The largest absolute Gasteiger partial charge is 0.249 e. The molecule has 0 aliphatic rings. The van der Waals surface area contributed by atoms with E-state index in [1.165, 1.54) is 11.1 Å². The minimum atomic E-state index is 0.769. The number of hydrogen-bond donors (Lipinski definition) is 0. The molecule has 94 valence electrons. The first-order chi connectivity index (χ1) is 9.28. The van der Waals surface area contributed by atoms with Crippen molar-refractivity contribution in [2.75, 3.05) is 0 Å². The SMILES string of the molecule is C=Cn1c[n+](Cc2cccc(Cl)c2)c2ccccc21. The topological polar surface area (TPSA) is 8.81 Å². The van der Waals surface area contributed by atoms with Gasteiger partial charge in [0.05, 0.1) is 6.20 Å². The Morgan fingerprint density at radius 1 is 1.16 bits per heavy atom. The van der Waals surface area contributed by atoms with E-state index in [0.29, 0.717) is 0 Å². The van der Waals surface area contributed by atoms with Gasteiger partial charge < -0.3 is 0 Å². The van der Waals surface area contributed by atoms with Crippen molar-refractivity contribution in [2.24, 2.45) is 0 Å². The molecule has 0 aliphatic heterocycles. The van der Waals surface area contributed by atoms with Crippen molar-refractivity contribution in [1.29, 1.82) is 0 Å². The molecule has 1 heterocycles. The molecule has 0 unspecified atom stereocenters. The van der Waals surface area contributed by atoms with Gasteiger partial charge in [-0.15, -0.1) is 0 Å². The first kappa shape index (κ1) is 12.0. The number of halogens is 1. The Balaban J connectivity index is 2.08. The van der Waals surface area contributed by atoms with Gasteiger partial charge >= 0.3 is 0 Å². The Bertz CT molecular complexity index is 743. The molecule has 0 bridgehead atoms. The second-order valence-corrected chi connectivity index (χ2v) is 4.89. The smallest absolute Gasteiger partial charge is 0.225 e. The molecule has 2 aromatic carbocycles. The van der Waals surface area contributed by atoms with Gasteiger partial charge in [0.1, 0.15) is 6.54 Å². The summed E-state index contributed by atoms with van der Waals surface area (Å²) in [6.07, 6.45) is 3.87. The molecule has 3 heteroatoms. The maximum atomic E-state index is 6.03. The summed E-state index contributed by atoms with van der Waals surface area (Å²) in [7, 11) is 0. The number of fused-ring (bicyclic) bond motifs is 1. The molecule has 0 amide bonds. The number of benzene rings is 2. The Morgan fingerprint density at radius 3 is 2.79 bits per heavy atom. The van der Waals surface area contributed by atoms with Gasteiger partial charge in [-0.3, -0.25) is 0 Å². The number of imidazole rings is 1. The quantitative estimate of drug-likeness (QED) is 0.641. The van der Waals surface area contributed by atoms with Gasteiger partial charge in [-0.2, -0.15) is 0 Å². The molecular weight excluding hydrogens is 256 g/mol. The Labute approximate surface area is 117 Å². The van der Waals surface area contributed by atoms with Crippen molar-refractivity contribution in [3.63, 3.8) is 0 Å². The lowest BCUT2D eigenvalue weighted by Crippen LogP contribution is -2.32. The van der Waals surface area contributed by atoms with Crippen LogP contribution in [0.1, 0.15) is 5.56 Å². The number of rotatable bonds is 3. The van der Waals surface area contributed by atoms with Crippen LogP contribution in [0.25, 0.3) is 17.2 Å². The van der Waals surface area contributed by atoms with Crippen LogP contribution in [0.15, 0.2) is 61.4 Å². The Kier molecular flexibility index (Phi) is 3.10. The van der Waals surface area contributed by atoms with Gasteiger partial charge in [-0.1, -0.05) is 42.4 Å². The average Bonchev–Trinajstić information content (AvgIpc) is 2.77. The second kappa shape index (κ2) is 4.90. The van der Waals surface area contributed by atoms with Crippen LogP contribution >= 0.6 is 11.6 Å². The van der Waals surface area contributed by atoms with Gasteiger partial charge in [0.15, 0.2) is 11.0 Å². The van der Waals surface area contributed by atoms with Crippen molar-refractivity contribution < 1.29 is 4.57 Å². The number of hydrogen-bond acceptors (Lipinski definition) is 0. The highest BCUT2D eigenvalue weighted by Gasteiger charge is 2.13. The van der Waals surface area contributed by atoms with Crippen molar-refractivity contribution in [3.05, 3.63) is 72.0 Å². The van der Waals surface area contributed by atoms with E-state index in [1.54, 1.807) is 0 Å². The summed E-state index contributed by atoms with van der Waals surface area (Å²) in [5.74, 6) is 0. The highest BCUT2D eigenvalue weighted by molar-refractivity contribution is 6.30. The predicted octanol–water partition coefficient (Wildman–Crippen LogP) is 3.73. The minimum absolute atomic E-state index is 0.769. The summed E-state index contributed by atoms with van der Waals surface area (Å²) in [6.45, 7) is 4.64. The zero-order chi connectivity index (χ0) is 13.2. The van der Waals surface area contributed by atoms with E-state index in [1.807, 2.05) is 41.1 Å². The molecule has 3 aromatic rings. The lowest BCUT2D eigenvalue weighted by atomic mass is 10.2. The van der Waals surface area contributed by atoms with Gasteiger partial charge in [-0.05, 0) is 29.8 Å². The van der Waals surface area contributed by atoms with Crippen LogP contribution in [0.3, 0.4) is 0 Å². The lowest BCUT2D eigenvalue weighted by molar-refractivity contribution is -0.662. The standard InChI is InChI=1S/C16H14ClN2/c1-2-18-12-19(16-9-4-3-8-15(16)18)11-13-6-5-7-14(17)10-13/h2-10,12H,1,11H2/q+1. The summed E-state index contributed by atoms with van der Waals surface area (Å²) in [4.78, 5) is 0. The first-order valence-electron chi connectivity index (χ1n) is 6.14. The molecule has 1 aromatic heterocycles. The van der Waals surface area contributed by atoms with Gasteiger partial charge in [0.2, 0.25) is 6.33 Å². The van der Waals surface area contributed by atoms with E-state index in [-0.39, 0.29) is 0 Å². The fraction of sp³-hybridized carbons (Fsp3) is 0.0625. The number of nitrogens with zero attached hydrogens (tertiary/aromatic N) is 2. The van der Waals surface area contributed by atoms with Gasteiger partial charge in [-0.25, -0.2) is 9.13 Å². The van der Waals surface area contributed by atoms with E-state index >= 15 is 0 Å². The summed E-state index contributed by atoms with van der Waals surface area (Å²) >= 11 is 6.03. The maximum absolute atomic E-state index is 6.03. The van der Waals surface area contributed by atoms with E-state index in [0.717, 1.165) is 17.1 Å². The number of para-hydroxylation sites is 2. The molecular formula is C16H14ClN2+. The molecule has 0 aliphatic carbocycles. The molecule has 0 N–H and O–H groups in total. The molecule has 0 fully saturated rings. The molecule has 0 saturated heterocycles. The van der Waals surface area contributed by atoms with Crippen LogP contribution in [0.5, 0.6) is 0 Å². The zero-order valence-corrected chi connectivity index (χ0v) is 11.2. The highest BCUT2D eigenvalue weighted by Crippen LogP contribution is 2.14. The first-order valence-corrected chi connectivity index (χ1v) is 6.52. The summed E-state index contributed by atoms with van der Waals surface area (Å²) in [5, 5.41) is 0.769. The van der Waals surface area contributed by atoms with Crippen LogP contribution in [0.4, 0.5) is 0 Å². The van der Waals surface area contributed by atoms with Crippen molar-refractivity contribution in [3.8, 4) is 0 Å². The summed E-state index contributed by atoms with van der Waals surface area (Å²) < 4.78 is 4.22. The zero-order valence-electron chi connectivity index (χ0n) is 10.5. The predicted molar refractivity (Wildman–Crippen MR) is 79.1 cm³/mol. The van der Waals surface area contributed by atoms with E-state index in [9.17, 15) is 0 Å². The van der Waals surface area contributed by atoms with Crippen LogP contribution in [-0.2, 0) is 6.54 Å².